The summed E-state index contributed by atoms with van der Waals surface area (Å²) in [6, 6.07) is 9.47. The Morgan fingerprint density at radius 2 is 1.95 bits per heavy atom. The first-order valence-corrected chi connectivity index (χ1v) is 6.62. The molecule has 0 atom stereocenters. The van der Waals surface area contributed by atoms with Crippen molar-refractivity contribution >= 4 is 17.5 Å². The van der Waals surface area contributed by atoms with Gasteiger partial charge in [-0.05, 0) is 37.8 Å². The first kappa shape index (κ1) is 14.2. The van der Waals surface area contributed by atoms with Crippen LogP contribution in [0.1, 0.15) is 32.3 Å². The number of nitrogens with one attached hydrogen (secondary N) is 1. The van der Waals surface area contributed by atoms with Gasteiger partial charge in [0.05, 0.1) is 11.4 Å². The molecule has 4 nitrogen and oxygen atoms in total. The fraction of sp³-hybridized carbons (Fsp3) is 0.312. The molecule has 104 valence electrons. The summed E-state index contributed by atoms with van der Waals surface area (Å²) in [7, 11) is 0. The number of amides is 1. The summed E-state index contributed by atoms with van der Waals surface area (Å²) < 4.78 is 5.12. The van der Waals surface area contributed by atoms with Gasteiger partial charge >= 0.3 is 6.09 Å². The van der Waals surface area contributed by atoms with E-state index in [1.807, 2.05) is 44.2 Å². The molecule has 0 saturated heterocycles. The standard InChI is InChI=1S/C16H18N2O2/c1-11-8-9-14(17)15(12(11)2)18-16(19)20-10-13-6-4-3-5-7-13/h3-7,17H,8-10H2,1-2H3. The van der Waals surface area contributed by atoms with Gasteiger partial charge in [-0.25, -0.2) is 4.79 Å². The van der Waals surface area contributed by atoms with Gasteiger partial charge in [-0.15, -0.1) is 0 Å². The van der Waals surface area contributed by atoms with E-state index in [0.717, 1.165) is 17.6 Å². The molecule has 1 aliphatic rings. The molecule has 1 N–H and O–H groups in total. The van der Waals surface area contributed by atoms with Crippen LogP contribution in [-0.2, 0) is 11.3 Å². The van der Waals surface area contributed by atoms with E-state index in [1.165, 1.54) is 5.57 Å². The van der Waals surface area contributed by atoms with E-state index in [9.17, 15) is 4.79 Å². The average molecular weight is 270 g/mol. The Morgan fingerprint density at radius 3 is 2.65 bits per heavy atom. The molecule has 20 heavy (non-hydrogen) atoms. The summed E-state index contributed by atoms with van der Waals surface area (Å²) in [5, 5.41) is 7.88. The van der Waals surface area contributed by atoms with Crippen LogP contribution < -0.4 is 0 Å². The summed E-state index contributed by atoms with van der Waals surface area (Å²) in [6.45, 7) is 4.10. The molecule has 4 heteroatoms. The summed E-state index contributed by atoms with van der Waals surface area (Å²) >= 11 is 0. The lowest BCUT2D eigenvalue weighted by atomic mass is 9.90. The summed E-state index contributed by atoms with van der Waals surface area (Å²) in [6.07, 6.45) is 0.860. The third-order valence-electron chi connectivity index (χ3n) is 3.44. The molecule has 0 radical (unpaired) electrons. The number of hydrogen-bond acceptors (Lipinski definition) is 3. The van der Waals surface area contributed by atoms with Crippen molar-refractivity contribution < 1.29 is 9.53 Å². The first-order chi connectivity index (χ1) is 9.58. The molecule has 2 rings (SSSR count). The molecule has 1 aliphatic carbocycles. The highest BCUT2D eigenvalue weighted by molar-refractivity contribution is 6.49. The second-order valence-electron chi connectivity index (χ2n) is 4.88. The predicted octanol–water partition coefficient (Wildman–Crippen LogP) is 3.91. The van der Waals surface area contributed by atoms with E-state index < -0.39 is 6.09 Å². The molecular weight excluding hydrogens is 252 g/mol. The van der Waals surface area contributed by atoms with Gasteiger partial charge in [0, 0.05) is 0 Å². The van der Waals surface area contributed by atoms with Crippen molar-refractivity contribution in [2.24, 2.45) is 4.99 Å². The fourth-order valence-corrected chi connectivity index (χ4v) is 2.04. The molecule has 1 aromatic rings. The lowest BCUT2D eigenvalue weighted by Crippen LogP contribution is -2.22. The predicted molar refractivity (Wildman–Crippen MR) is 79.4 cm³/mol. The number of rotatable bonds is 2. The second-order valence-corrected chi connectivity index (χ2v) is 4.88. The van der Waals surface area contributed by atoms with Crippen molar-refractivity contribution in [3.05, 3.63) is 47.0 Å². The molecule has 0 fully saturated rings. The van der Waals surface area contributed by atoms with Crippen molar-refractivity contribution in [1.29, 1.82) is 5.41 Å². The minimum absolute atomic E-state index is 0.200. The van der Waals surface area contributed by atoms with Gasteiger partial charge in [-0.2, -0.15) is 4.99 Å². The van der Waals surface area contributed by atoms with Gasteiger partial charge in [-0.1, -0.05) is 35.9 Å². The molecule has 1 aromatic carbocycles. The smallest absolute Gasteiger partial charge is 0.434 e. The van der Waals surface area contributed by atoms with E-state index in [-0.39, 0.29) is 6.61 Å². The van der Waals surface area contributed by atoms with Gasteiger partial charge in [0.2, 0.25) is 0 Å². The largest absolute Gasteiger partial charge is 0.443 e. The van der Waals surface area contributed by atoms with Crippen LogP contribution in [0.25, 0.3) is 0 Å². The van der Waals surface area contributed by atoms with Crippen LogP contribution in [0.15, 0.2) is 46.5 Å². The second kappa shape index (κ2) is 6.28. The molecular formula is C16H18N2O2. The topological polar surface area (TPSA) is 62.5 Å². The number of ether oxygens (including phenoxy) is 1. The normalized spacial score (nSPS) is 17.5. The minimum atomic E-state index is -0.636. The Balaban J connectivity index is 2.04. The molecule has 1 amide bonds. The maximum absolute atomic E-state index is 11.8. The zero-order valence-electron chi connectivity index (χ0n) is 11.8. The Kier molecular flexibility index (Phi) is 4.45. The van der Waals surface area contributed by atoms with Crippen LogP contribution in [0.3, 0.4) is 0 Å². The zero-order chi connectivity index (χ0) is 14.5. The molecule has 0 aliphatic heterocycles. The number of carbonyl (C=O) groups excluding carboxylic acids is 1. The van der Waals surface area contributed by atoms with E-state index in [2.05, 4.69) is 4.99 Å². The third-order valence-corrected chi connectivity index (χ3v) is 3.44. The Labute approximate surface area is 118 Å². The van der Waals surface area contributed by atoms with Crippen molar-refractivity contribution in [3.63, 3.8) is 0 Å². The van der Waals surface area contributed by atoms with Crippen LogP contribution in [0, 0.1) is 5.41 Å². The number of carbonyl (C=O) groups is 1. The van der Waals surface area contributed by atoms with Crippen LogP contribution >= 0.6 is 0 Å². The van der Waals surface area contributed by atoms with Crippen molar-refractivity contribution in [2.45, 2.75) is 33.3 Å². The number of aliphatic imine (C=N–C) groups is 1. The highest BCUT2D eigenvalue weighted by Crippen LogP contribution is 2.20. The van der Waals surface area contributed by atoms with E-state index >= 15 is 0 Å². The highest BCUT2D eigenvalue weighted by atomic mass is 16.5. The number of benzene rings is 1. The lowest BCUT2D eigenvalue weighted by Gasteiger charge is -2.17. The van der Waals surface area contributed by atoms with Gasteiger partial charge in [0.1, 0.15) is 6.61 Å². The minimum Gasteiger partial charge on any atom is -0.443 e. The van der Waals surface area contributed by atoms with E-state index in [0.29, 0.717) is 17.8 Å². The molecule has 0 spiro atoms. The van der Waals surface area contributed by atoms with E-state index in [1.54, 1.807) is 0 Å². The fourth-order valence-electron chi connectivity index (χ4n) is 2.04. The van der Waals surface area contributed by atoms with Gasteiger partial charge in [0.15, 0.2) is 0 Å². The summed E-state index contributed by atoms with van der Waals surface area (Å²) in [4.78, 5) is 15.7. The first-order valence-electron chi connectivity index (χ1n) is 6.62. The number of nitrogens with zero attached hydrogens (tertiary/aromatic N) is 1. The quantitative estimate of drug-likeness (QED) is 0.885. The van der Waals surface area contributed by atoms with Crippen LogP contribution in [-0.4, -0.2) is 17.5 Å². The molecule has 0 aromatic heterocycles. The summed E-state index contributed by atoms with van der Waals surface area (Å²) in [5.41, 5.74) is 3.88. The molecule has 0 unspecified atom stereocenters. The van der Waals surface area contributed by atoms with E-state index in [4.69, 9.17) is 10.1 Å². The Hall–Kier alpha value is -2.23. The molecule has 0 bridgehead atoms. The van der Waals surface area contributed by atoms with Crippen LogP contribution in [0.2, 0.25) is 0 Å². The zero-order valence-corrected chi connectivity index (χ0v) is 11.8. The van der Waals surface area contributed by atoms with Gasteiger partial charge < -0.3 is 10.1 Å². The van der Waals surface area contributed by atoms with Gasteiger partial charge in [0.25, 0.3) is 0 Å². The maximum atomic E-state index is 11.8. The lowest BCUT2D eigenvalue weighted by molar-refractivity contribution is 0.151. The molecule has 0 heterocycles. The third kappa shape index (κ3) is 3.41. The number of hydrogen-bond donors (Lipinski definition) is 1. The monoisotopic (exact) mass is 270 g/mol. The van der Waals surface area contributed by atoms with Crippen molar-refractivity contribution in [2.75, 3.05) is 0 Å². The van der Waals surface area contributed by atoms with Crippen molar-refractivity contribution in [1.82, 2.24) is 0 Å². The molecule has 0 saturated carbocycles. The SMILES string of the molecule is CC1=C(C)C(=NC(=O)OCc2ccccc2)C(=N)CC1. The average Bonchev–Trinajstić information content (AvgIpc) is 2.46. The summed E-state index contributed by atoms with van der Waals surface area (Å²) in [5.74, 6) is 0. The highest BCUT2D eigenvalue weighted by Gasteiger charge is 2.19. The van der Waals surface area contributed by atoms with Crippen LogP contribution in [0.5, 0.6) is 0 Å². The van der Waals surface area contributed by atoms with Gasteiger partial charge in [-0.3, -0.25) is 0 Å². The maximum Gasteiger partial charge on any atom is 0.434 e. The number of allylic oxidation sites excluding steroid dienone is 2. The van der Waals surface area contributed by atoms with Crippen molar-refractivity contribution in [3.8, 4) is 0 Å². The Morgan fingerprint density at radius 1 is 1.25 bits per heavy atom. The van der Waals surface area contributed by atoms with Crippen LogP contribution in [0.4, 0.5) is 4.79 Å². The Bertz CT molecular complexity index is 586.